The van der Waals surface area contributed by atoms with Crippen molar-refractivity contribution in [1.82, 2.24) is 10.2 Å². The van der Waals surface area contributed by atoms with Crippen molar-refractivity contribution >= 4 is 22.9 Å². The molecule has 2 rings (SSSR count). The third kappa shape index (κ3) is 3.47. The molecular formula is C17H29ClN2S. The molecule has 0 radical (unpaired) electrons. The van der Waals surface area contributed by atoms with E-state index >= 15 is 0 Å². The van der Waals surface area contributed by atoms with Crippen LogP contribution < -0.4 is 5.32 Å². The molecule has 1 aromatic heterocycles. The van der Waals surface area contributed by atoms with Gasteiger partial charge in [-0.1, -0.05) is 39.3 Å². The Morgan fingerprint density at radius 2 is 1.81 bits per heavy atom. The third-order valence-corrected chi connectivity index (χ3v) is 6.82. The van der Waals surface area contributed by atoms with E-state index in [-0.39, 0.29) is 11.1 Å². The number of thiophene rings is 1. The van der Waals surface area contributed by atoms with E-state index in [1.165, 1.54) is 30.6 Å². The molecule has 0 unspecified atom stereocenters. The summed E-state index contributed by atoms with van der Waals surface area (Å²) in [7, 11) is 0. The molecule has 0 spiro atoms. The molecule has 0 bridgehead atoms. The summed E-state index contributed by atoms with van der Waals surface area (Å²) in [5, 5.41) is 3.88. The van der Waals surface area contributed by atoms with Gasteiger partial charge in [-0.2, -0.15) is 0 Å². The van der Waals surface area contributed by atoms with Crippen LogP contribution in [0.15, 0.2) is 12.1 Å². The maximum atomic E-state index is 6.12. The lowest BCUT2D eigenvalue weighted by molar-refractivity contribution is -0.0104. The Morgan fingerprint density at radius 1 is 1.14 bits per heavy atom. The first kappa shape index (κ1) is 17.3. The van der Waals surface area contributed by atoms with Crippen LogP contribution in [0.25, 0.3) is 0 Å². The second-order valence-corrected chi connectivity index (χ2v) is 8.13. The molecule has 0 saturated carbocycles. The zero-order valence-corrected chi connectivity index (χ0v) is 15.4. The lowest BCUT2D eigenvalue weighted by atomic mass is 9.80. The van der Waals surface area contributed by atoms with E-state index in [2.05, 4.69) is 44.0 Å². The van der Waals surface area contributed by atoms with Crippen LogP contribution in [-0.4, -0.2) is 29.1 Å². The lowest BCUT2D eigenvalue weighted by Crippen LogP contribution is -2.69. The molecule has 2 heterocycles. The number of hydrogen-bond acceptors (Lipinski definition) is 3. The van der Waals surface area contributed by atoms with E-state index in [1.807, 2.05) is 6.07 Å². The largest absolute Gasteiger partial charge is 0.308 e. The molecule has 1 aliphatic rings. The Labute approximate surface area is 138 Å². The third-order valence-electron chi connectivity index (χ3n) is 5.60. The van der Waals surface area contributed by atoms with Crippen LogP contribution in [0.3, 0.4) is 0 Å². The average molecular weight is 329 g/mol. The molecule has 4 heteroatoms. The maximum Gasteiger partial charge on any atom is 0.0931 e. The standard InChI is InChI=1S/C17H29ClN2S/c1-5-16(6-2)13-20(11-14-9-10-15(18)21-14)17(7-3,8-4)12-19-16/h9-10,19H,5-8,11-13H2,1-4H3. The second kappa shape index (κ2) is 6.99. The molecule has 0 atom stereocenters. The van der Waals surface area contributed by atoms with Crippen molar-refractivity contribution in [1.29, 1.82) is 0 Å². The van der Waals surface area contributed by atoms with Crippen LogP contribution >= 0.6 is 22.9 Å². The van der Waals surface area contributed by atoms with Crippen molar-refractivity contribution in [3.8, 4) is 0 Å². The summed E-state index contributed by atoms with van der Waals surface area (Å²) in [5.41, 5.74) is 0.555. The van der Waals surface area contributed by atoms with E-state index in [0.717, 1.165) is 24.0 Å². The van der Waals surface area contributed by atoms with Gasteiger partial charge in [0.1, 0.15) is 0 Å². The van der Waals surface area contributed by atoms with Crippen molar-refractivity contribution in [3.63, 3.8) is 0 Å². The molecule has 0 aliphatic carbocycles. The van der Waals surface area contributed by atoms with Gasteiger partial charge >= 0.3 is 0 Å². The van der Waals surface area contributed by atoms with Gasteiger partial charge in [-0.05, 0) is 37.8 Å². The highest BCUT2D eigenvalue weighted by Gasteiger charge is 2.44. The second-order valence-electron chi connectivity index (χ2n) is 6.33. The van der Waals surface area contributed by atoms with E-state index in [1.54, 1.807) is 11.3 Å². The molecule has 2 nitrogen and oxygen atoms in total. The van der Waals surface area contributed by atoms with Crippen LogP contribution in [0.5, 0.6) is 0 Å². The zero-order chi connectivity index (χ0) is 15.5. The minimum atomic E-state index is 0.273. The molecule has 0 amide bonds. The minimum absolute atomic E-state index is 0.273. The highest BCUT2D eigenvalue weighted by molar-refractivity contribution is 7.16. The first-order valence-electron chi connectivity index (χ1n) is 8.27. The van der Waals surface area contributed by atoms with Crippen LogP contribution in [-0.2, 0) is 6.54 Å². The van der Waals surface area contributed by atoms with Gasteiger partial charge in [-0.3, -0.25) is 4.90 Å². The number of piperazine rings is 1. The minimum Gasteiger partial charge on any atom is -0.308 e. The Hall–Kier alpha value is -0.0900. The summed E-state index contributed by atoms with van der Waals surface area (Å²) in [4.78, 5) is 4.10. The van der Waals surface area contributed by atoms with Crippen LogP contribution in [0.4, 0.5) is 0 Å². The summed E-state index contributed by atoms with van der Waals surface area (Å²) in [6, 6.07) is 4.21. The summed E-state index contributed by atoms with van der Waals surface area (Å²) in [5.74, 6) is 0. The number of nitrogens with zero attached hydrogens (tertiary/aromatic N) is 1. The Bertz CT molecular complexity index is 449. The van der Waals surface area contributed by atoms with Gasteiger partial charge in [0.25, 0.3) is 0 Å². The molecule has 1 saturated heterocycles. The molecule has 120 valence electrons. The normalized spacial score (nSPS) is 21.6. The van der Waals surface area contributed by atoms with E-state index in [9.17, 15) is 0 Å². The number of rotatable bonds is 6. The lowest BCUT2D eigenvalue weighted by Gasteiger charge is -2.54. The van der Waals surface area contributed by atoms with Gasteiger partial charge in [0.15, 0.2) is 0 Å². The number of halogens is 1. The molecule has 0 aromatic carbocycles. The predicted octanol–water partition coefficient (Wildman–Crippen LogP) is 4.92. The first-order valence-corrected chi connectivity index (χ1v) is 9.47. The monoisotopic (exact) mass is 328 g/mol. The molecule has 1 aliphatic heterocycles. The smallest absolute Gasteiger partial charge is 0.0931 e. The SMILES string of the molecule is CCC1(CC)CN(Cc2ccc(Cl)s2)C(CC)(CC)CN1. The summed E-state index contributed by atoms with van der Waals surface area (Å²) in [6.45, 7) is 12.5. The summed E-state index contributed by atoms with van der Waals surface area (Å²) >= 11 is 7.84. The number of nitrogens with one attached hydrogen (secondary N) is 1. The Balaban J connectivity index is 2.24. The summed E-state index contributed by atoms with van der Waals surface area (Å²) in [6.07, 6.45) is 4.77. The number of hydrogen-bond donors (Lipinski definition) is 1. The molecule has 1 aromatic rings. The van der Waals surface area contributed by atoms with Gasteiger partial charge < -0.3 is 5.32 Å². The fourth-order valence-electron chi connectivity index (χ4n) is 3.57. The van der Waals surface area contributed by atoms with E-state index in [4.69, 9.17) is 11.6 Å². The van der Waals surface area contributed by atoms with E-state index < -0.39 is 0 Å². The first-order chi connectivity index (χ1) is 10.0. The molecular weight excluding hydrogens is 300 g/mol. The Kier molecular flexibility index (Phi) is 5.75. The van der Waals surface area contributed by atoms with Gasteiger partial charge in [0, 0.05) is 35.6 Å². The van der Waals surface area contributed by atoms with Gasteiger partial charge in [0.05, 0.1) is 4.34 Å². The fraction of sp³-hybridized carbons (Fsp3) is 0.765. The van der Waals surface area contributed by atoms with Crippen molar-refractivity contribution in [2.75, 3.05) is 13.1 Å². The fourth-order valence-corrected chi connectivity index (χ4v) is 4.68. The highest BCUT2D eigenvalue weighted by atomic mass is 35.5. The van der Waals surface area contributed by atoms with Gasteiger partial charge in [-0.25, -0.2) is 0 Å². The molecule has 21 heavy (non-hydrogen) atoms. The van der Waals surface area contributed by atoms with Gasteiger partial charge in [0.2, 0.25) is 0 Å². The van der Waals surface area contributed by atoms with Crippen LogP contribution in [0.1, 0.15) is 58.3 Å². The zero-order valence-electron chi connectivity index (χ0n) is 13.8. The van der Waals surface area contributed by atoms with Crippen LogP contribution in [0.2, 0.25) is 4.34 Å². The molecule has 1 fully saturated rings. The van der Waals surface area contributed by atoms with E-state index in [0.29, 0.717) is 0 Å². The highest BCUT2D eigenvalue weighted by Crippen LogP contribution is 2.35. The van der Waals surface area contributed by atoms with Crippen molar-refractivity contribution in [2.45, 2.75) is 71.0 Å². The van der Waals surface area contributed by atoms with Crippen molar-refractivity contribution < 1.29 is 0 Å². The predicted molar refractivity (Wildman–Crippen MR) is 94.4 cm³/mol. The van der Waals surface area contributed by atoms with Gasteiger partial charge in [-0.15, -0.1) is 11.3 Å². The van der Waals surface area contributed by atoms with Crippen molar-refractivity contribution in [2.24, 2.45) is 0 Å². The topological polar surface area (TPSA) is 15.3 Å². The molecule has 1 N–H and O–H groups in total. The average Bonchev–Trinajstić information content (AvgIpc) is 2.92. The van der Waals surface area contributed by atoms with Crippen LogP contribution in [0, 0.1) is 0 Å². The van der Waals surface area contributed by atoms with Crippen molar-refractivity contribution in [3.05, 3.63) is 21.3 Å². The maximum absolute atomic E-state index is 6.12. The Morgan fingerprint density at radius 3 is 2.29 bits per heavy atom. The quantitative estimate of drug-likeness (QED) is 0.797. The summed E-state index contributed by atoms with van der Waals surface area (Å²) < 4.78 is 0.899.